The second kappa shape index (κ2) is 4.56. The predicted octanol–water partition coefficient (Wildman–Crippen LogP) is 2.52. The minimum Gasteiger partial charge on any atom is -0.324 e. The van der Waals surface area contributed by atoms with Gasteiger partial charge in [0, 0.05) is 25.2 Å². The van der Waals surface area contributed by atoms with Crippen molar-refractivity contribution in [3.05, 3.63) is 35.4 Å². The van der Waals surface area contributed by atoms with E-state index in [4.69, 9.17) is 5.73 Å². The highest BCUT2D eigenvalue weighted by Crippen LogP contribution is 2.25. The Hall–Kier alpha value is -0.860. The molecule has 1 aliphatic rings. The summed E-state index contributed by atoms with van der Waals surface area (Å²) in [7, 11) is 0. The number of fused-ring (bicyclic) bond motifs is 1. The molecule has 0 radical (unpaired) electrons. The van der Waals surface area contributed by atoms with Crippen molar-refractivity contribution in [3.63, 3.8) is 0 Å². The highest BCUT2D eigenvalue weighted by atomic mass is 15.2. The average molecular weight is 218 g/mol. The zero-order chi connectivity index (χ0) is 11.6. The molecule has 0 aromatic heterocycles. The molecule has 0 spiro atoms. The molecule has 0 bridgehead atoms. The molecule has 1 aromatic rings. The summed E-state index contributed by atoms with van der Waals surface area (Å²) < 4.78 is 0. The molecule has 2 nitrogen and oxygen atoms in total. The molecule has 2 N–H and O–H groups in total. The van der Waals surface area contributed by atoms with E-state index in [0.29, 0.717) is 0 Å². The Labute approximate surface area is 98.4 Å². The van der Waals surface area contributed by atoms with Crippen LogP contribution < -0.4 is 5.73 Å². The Morgan fingerprint density at radius 3 is 2.06 bits per heavy atom. The Morgan fingerprint density at radius 1 is 1.12 bits per heavy atom. The maximum Gasteiger partial charge on any atom is 0.0278 e. The zero-order valence-corrected chi connectivity index (χ0v) is 10.4. The molecule has 2 heteroatoms. The lowest BCUT2D eigenvalue weighted by Crippen LogP contribution is -2.47. The number of hydrogen-bond acceptors (Lipinski definition) is 2. The number of nitrogens with two attached hydrogens (primary N) is 1. The van der Waals surface area contributed by atoms with Gasteiger partial charge in [-0.3, -0.25) is 4.90 Å². The molecule has 0 atom stereocenters. The molecular formula is C14H22N2. The van der Waals surface area contributed by atoms with Crippen LogP contribution in [0, 0.1) is 0 Å². The first-order valence-corrected chi connectivity index (χ1v) is 6.25. The number of rotatable bonds is 4. The molecule has 0 saturated carbocycles. The maximum atomic E-state index is 6.37. The Bertz CT molecular complexity index is 331. The molecular weight excluding hydrogens is 196 g/mol. The van der Waals surface area contributed by atoms with Gasteiger partial charge in [0.2, 0.25) is 0 Å². The van der Waals surface area contributed by atoms with Crippen molar-refractivity contribution in [2.24, 2.45) is 5.73 Å². The first-order valence-electron chi connectivity index (χ1n) is 6.25. The summed E-state index contributed by atoms with van der Waals surface area (Å²) in [4.78, 5) is 2.47. The summed E-state index contributed by atoms with van der Waals surface area (Å²) in [6.45, 7) is 7.51. The third-order valence-electron chi connectivity index (χ3n) is 3.85. The number of benzene rings is 1. The SMILES string of the molecule is CCC(N)(CC)CN1Cc2ccccc2C1. The fourth-order valence-corrected chi connectivity index (χ4v) is 2.43. The van der Waals surface area contributed by atoms with Crippen LogP contribution in [0.25, 0.3) is 0 Å². The monoisotopic (exact) mass is 218 g/mol. The van der Waals surface area contributed by atoms with Crippen molar-refractivity contribution >= 4 is 0 Å². The van der Waals surface area contributed by atoms with Crippen LogP contribution in [0.5, 0.6) is 0 Å². The third-order valence-corrected chi connectivity index (χ3v) is 3.85. The first kappa shape index (κ1) is 11.6. The van der Waals surface area contributed by atoms with Gasteiger partial charge in [0.1, 0.15) is 0 Å². The van der Waals surface area contributed by atoms with Gasteiger partial charge in [-0.1, -0.05) is 38.1 Å². The zero-order valence-electron chi connectivity index (χ0n) is 10.4. The lowest BCUT2D eigenvalue weighted by molar-refractivity contribution is 0.201. The fraction of sp³-hybridized carbons (Fsp3) is 0.571. The van der Waals surface area contributed by atoms with Crippen LogP contribution >= 0.6 is 0 Å². The predicted molar refractivity (Wildman–Crippen MR) is 68.1 cm³/mol. The van der Waals surface area contributed by atoms with Crippen LogP contribution in [0.1, 0.15) is 37.8 Å². The van der Waals surface area contributed by atoms with Gasteiger partial charge in [-0.15, -0.1) is 0 Å². The van der Waals surface area contributed by atoms with E-state index in [2.05, 4.69) is 43.0 Å². The third kappa shape index (κ3) is 2.28. The second-order valence-corrected chi connectivity index (χ2v) is 4.98. The average Bonchev–Trinajstić information content (AvgIpc) is 2.70. The number of nitrogens with zero attached hydrogens (tertiary/aromatic N) is 1. The van der Waals surface area contributed by atoms with Crippen molar-refractivity contribution in [1.29, 1.82) is 0 Å². The first-order chi connectivity index (χ1) is 7.67. The maximum absolute atomic E-state index is 6.37. The van der Waals surface area contributed by atoms with Gasteiger partial charge in [-0.25, -0.2) is 0 Å². The molecule has 0 aliphatic carbocycles. The van der Waals surface area contributed by atoms with E-state index >= 15 is 0 Å². The molecule has 0 fully saturated rings. The lowest BCUT2D eigenvalue weighted by Gasteiger charge is -2.31. The fourth-order valence-electron chi connectivity index (χ4n) is 2.43. The normalized spacial score (nSPS) is 16.4. The Balaban J connectivity index is 2.02. The summed E-state index contributed by atoms with van der Waals surface area (Å²) >= 11 is 0. The molecule has 0 unspecified atom stereocenters. The summed E-state index contributed by atoms with van der Waals surface area (Å²) in [5.41, 5.74) is 9.30. The van der Waals surface area contributed by atoms with Gasteiger partial charge in [-0.05, 0) is 24.0 Å². The largest absolute Gasteiger partial charge is 0.324 e. The van der Waals surface area contributed by atoms with Gasteiger partial charge >= 0.3 is 0 Å². The molecule has 2 rings (SSSR count). The van der Waals surface area contributed by atoms with E-state index in [-0.39, 0.29) is 5.54 Å². The van der Waals surface area contributed by atoms with Crippen LogP contribution in [-0.4, -0.2) is 17.0 Å². The van der Waals surface area contributed by atoms with Crippen LogP contribution in [0.3, 0.4) is 0 Å². The number of hydrogen-bond donors (Lipinski definition) is 1. The van der Waals surface area contributed by atoms with Gasteiger partial charge in [0.05, 0.1) is 0 Å². The van der Waals surface area contributed by atoms with Gasteiger partial charge in [0.25, 0.3) is 0 Å². The summed E-state index contributed by atoms with van der Waals surface area (Å²) in [5, 5.41) is 0. The summed E-state index contributed by atoms with van der Waals surface area (Å²) in [6, 6.07) is 8.70. The van der Waals surface area contributed by atoms with Crippen LogP contribution in [0.2, 0.25) is 0 Å². The highest BCUT2D eigenvalue weighted by Gasteiger charge is 2.27. The quantitative estimate of drug-likeness (QED) is 0.841. The lowest BCUT2D eigenvalue weighted by atomic mass is 9.94. The topological polar surface area (TPSA) is 29.3 Å². The highest BCUT2D eigenvalue weighted by molar-refractivity contribution is 5.30. The smallest absolute Gasteiger partial charge is 0.0278 e. The molecule has 1 heterocycles. The second-order valence-electron chi connectivity index (χ2n) is 4.98. The molecule has 88 valence electrons. The summed E-state index contributed by atoms with van der Waals surface area (Å²) in [5.74, 6) is 0. The van der Waals surface area contributed by atoms with Crippen LogP contribution in [-0.2, 0) is 13.1 Å². The van der Waals surface area contributed by atoms with Crippen molar-refractivity contribution in [1.82, 2.24) is 4.90 Å². The molecule has 0 amide bonds. The standard InChI is InChI=1S/C14H22N2/c1-3-14(15,4-2)11-16-9-12-7-5-6-8-13(12)10-16/h5-8H,3-4,9-11,15H2,1-2H3. The van der Waals surface area contributed by atoms with Crippen molar-refractivity contribution < 1.29 is 0 Å². The Kier molecular flexibility index (Phi) is 3.31. The summed E-state index contributed by atoms with van der Waals surface area (Å²) in [6.07, 6.45) is 2.10. The molecule has 16 heavy (non-hydrogen) atoms. The van der Waals surface area contributed by atoms with E-state index < -0.39 is 0 Å². The molecule has 1 aromatic carbocycles. The van der Waals surface area contributed by atoms with E-state index in [9.17, 15) is 0 Å². The van der Waals surface area contributed by atoms with Gasteiger partial charge < -0.3 is 5.73 Å². The van der Waals surface area contributed by atoms with Gasteiger partial charge in [0.15, 0.2) is 0 Å². The van der Waals surface area contributed by atoms with E-state index in [1.165, 1.54) is 11.1 Å². The van der Waals surface area contributed by atoms with Crippen LogP contribution in [0.4, 0.5) is 0 Å². The minimum atomic E-state index is -0.0119. The molecule has 1 aliphatic heterocycles. The van der Waals surface area contributed by atoms with E-state index in [1.54, 1.807) is 0 Å². The van der Waals surface area contributed by atoms with E-state index in [0.717, 1.165) is 32.5 Å². The molecule has 0 saturated heterocycles. The van der Waals surface area contributed by atoms with E-state index in [1.807, 2.05) is 0 Å². The minimum absolute atomic E-state index is 0.0119. The van der Waals surface area contributed by atoms with Crippen molar-refractivity contribution in [2.75, 3.05) is 6.54 Å². The van der Waals surface area contributed by atoms with Crippen LogP contribution in [0.15, 0.2) is 24.3 Å². The Morgan fingerprint density at radius 2 is 1.62 bits per heavy atom. The van der Waals surface area contributed by atoms with Crippen molar-refractivity contribution in [2.45, 2.75) is 45.3 Å². The van der Waals surface area contributed by atoms with Gasteiger partial charge in [-0.2, -0.15) is 0 Å². The van der Waals surface area contributed by atoms with Crippen molar-refractivity contribution in [3.8, 4) is 0 Å².